The second-order valence-electron chi connectivity index (χ2n) is 12.5. The topological polar surface area (TPSA) is 92.3 Å². The van der Waals surface area contributed by atoms with Crippen LogP contribution in [0.2, 0.25) is 0 Å². The summed E-state index contributed by atoms with van der Waals surface area (Å²) in [6, 6.07) is 10.9. The molecule has 1 amide bonds. The van der Waals surface area contributed by atoms with Crippen molar-refractivity contribution >= 4 is 17.8 Å². The van der Waals surface area contributed by atoms with Gasteiger partial charge in [0.2, 0.25) is 5.79 Å². The van der Waals surface area contributed by atoms with Gasteiger partial charge in [0.05, 0.1) is 5.56 Å². The first-order valence-electron chi connectivity index (χ1n) is 15.0. The van der Waals surface area contributed by atoms with Crippen molar-refractivity contribution < 1.29 is 46.7 Å². The number of ether oxygens (including phenoxy) is 3. The van der Waals surface area contributed by atoms with Crippen LogP contribution in [-0.4, -0.2) is 42.2 Å². The van der Waals surface area contributed by atoms with Crippen LogP contribution in [0, 0.1) is 23.7 Å². The predicted octanol–water partition coefficient (Wildman–Crippen LogP) is 6.30. The predicted molar refractivity (Wildman–Crippen MR) is 152 cm³/mol. The fourth-order valence-electron chi connectivity index (χ4n) is 7.22. The maximum Gasteiger partial charge on any atom is 0.416 e. The molecular weight excluding hydrogens is 579 g/mol. The average molecular weight is 616 g/mol. The fraction of sp³-hybridized carbons (Fsp3) is 0.515. The average Bonchev–Trinajstić information content (AvgIpc) is 3.23. The van der Waals surface area contributed by atoms with Gasteiger partial charge < -0.3 is 19.5 Å². The Bertz CT molecular complexity index is 1430. The minimum atomic E-state index is -4.46. The van der Waals surface area contributed by atoms with Crippen LogP contribution in [0.15, 0.2) is 54.6 Å². The van der Waals surface area contributed by atoms with E-state index in [0.29, 0.717) is 23.7 Å². The molecule has 0 unspecified atom stereocenters. The molecule has 1 saturated carbocycles. The van der Waals surface area contributed by atoms with Crippen LogP contribution >= 0.6 is 0 Å². The number of hydrogen-bond donors (Lipinski definition) is 1. The Hall–Kier alpha value is -3.25. The number of allylic oxidation sites excluding steroid dienone is 1. The van der Waals surface area contributed by atoms with Crippen LogP contribution in [-0.2, 0) is 30.2 Å². The molecule has 0 radical (unpaired) electrons. The lowest BCUT2D eigenvalue weighted by Crippen LogP contribution is -2.72. The van der Waals surface area contributed by atoms with E-state index in [1.807, 2.05) is 13.8 Å². The molecule has 7 rings (SSSR count). The van der Waals surface area contributed by atoms with Gasteiger partial charge in [-0.15, -0.1) is 0 Å². The summed E-state index contributed by atoms with van der Waals surface area (Å²) in [5.74, 6) is -0.610. The number of carbonyl (C=O) groups is 2. The van der Waals surface area contributed by atoms with E-state index in [-0.39, 0.29) is 41.6 Å². The number of amides is 1. The smallest absolute Gasteiger partial charge is 0.416 e. The second kappa shape index (κ2) is 11.6. The standard InChI is InChI=1S/C33H36F3NO7/c1-19-7-13-26-20(2)29(41-30-32(26)25(19)15-16-31(3,42-30)43-44-32)37-28(39)18-40-24-11-9-22(10-12-24)27(38)14-8-21-5-4-6-23(17-21)33(34,35)36/h4-6,8-12,14,17,19-20,25-26,29-30H,7,13,15-16,18H2,1-3H3,(H,37,39)/b14-8+/t19-,20-,25+,26+,29-,30-,31-,32-/m1/s1. The molecule has 8 nitrogen and oxygen atoms in total. The Balaban J connectivity index is 1.05. The van der Waals surface area contributed by atoms with Gasteiger partial charge in [0.15, 0.2) is 24.3 Å². The zero-order valence-electron chi connectivity index (χ0n) is 24.8. The molecule has 236 valence electrons. The van der Waals surface area contributed by atoms with Crippen molar-refractivity contribution in [1.29, 1.82) is 0 Å². The molecule has 5 fully saturated rings. The molecule has 2 aromatic rings. The van der Waals surface area contributed by atoms with Gasteiger partial charge in [0.1, 0.15) is 12.0 Å². The molecule has 5 aliphatic rings. The number of fused-ring (bicyclic) bond motifs is 2. The number of halogens is 3. The molecule has 44 heavy (non-hydrogen) atoms. The molecule has 4 aliphatic heterocycles. The van der Waals surface area contributed by atoms with Gasteiger partial charge in [0, 0.05) is 23.8 Å². The molecule has 0 aromatic heterocycles. The minimum absolute atomic E-state index is 0.0610. The van der Waals surface area contributed by atoms with E-state index in [4.69, 9.17) is 24.0 Å². The monoisotopic (exact) mass is 615 g/mol. The van der Waals surface area contributed by atoms with Crippen molar-refractivity contribution in [3.8, 4) is 5.75 Å². The summed E-state index contributed by atoms with van der Waals surface area (Å²) in [5.41, 5.74) is -0.921. The van der Waals surface area contributed by atoms with E-state index in [1.165, 1.54) is 36.4 Å². The third kappa shape index (κ3) is 5.78. The lowest BCUT2D eigenvalue weighted by Gasteiger charge is -2.60. The van der Waals surface area contributed by atoms with Crippen LogP contribution < -0.4 is 10.1 Å². The number of ketones is 1. The van der Waals surface area contributed by atoms with Crippen LogP contribution in [0.4, 0.5) is 13.2 Å². The second-order valence-corrected chi connectivity index (χ2v) is 12.5. The Kier molecular flexibility index (Phi) is 8.11. The van der Waals surface area contributed by atoms with Gasteiger partial charge in [-0.2, -0.15) is 13.2 Å². The lowest BCUT2D eigenvalue weighted by molar-refractivity contribution is -0.571. The van der Waals surface area contributed by atoms with Crippen molar-refractivity contribution in [3.63, 3.8) is 0 Å². The lowest BCUT2D eigenvalue weighted by atomic mass is 9.58. The van der Waals surface area contributed by atoms with Gasteiger partial charge >= 0.3 is 6.18 Å². The van der Waals surface area contributed by atoms with E-state index in [2.05, 4.69) is 12.2 Å². The molecule has 4 saturated heterocycles. The maximum atomic E-state index is 12.9. The summed E-state index contributed by atoms with van der Waals surface area (Å²) in [6.45, 7) is 5.87. The molecule has 4 heterocycles. The van der Waals surface area contributed by atoms with E-state index < -0.39 is 35.6 Å². The molecule has 1 aliphatic carbocycles. The fourth-order valence-corrected chi connectivity index (χ4v) is 7.22. The van der Waals surface area contributed by atoms with Crippen LogP contribution in [0.3, 0.4) is 0 Å². The zero-order chi connectivity index (χ0) is 31.3. The first kappa shape index (κ1) is 30.8. The Morgan fingerprint density at radius 1 is 1.05 bits per heavy atom. The van der Waals surface area contributed by atoms with Gasteiger partial charge in [-0.25, -0.2) is 9.78 Å². The largest absolute Gasteiger partial charge is 0.484 e. The first-order valence-corrected chi connectivity index (χ1v) is 15.0. The van der Waals surface area contributed by atoms with Gasteiger partial charge in [-0.05, 0) is 86.1 Å². The third-order valence-electron chi connectivity index (χ3n) is 9.61. The molecule has 1 spiro atoms. The summed E-state index contributed by atoms with van der Waals surface area (Å²) >= 11 is 0. The highest BCUT2D eigenvalue weighted by molar-refractivity contribution is 6.06. The van der Waals surface area contributed by atoms with Gasteiger partial charge in [-0.3, -0.25) is 9.59 Å². The first-order chi connectivity index (χ1) is 20.9. The summed E-state index contributed by atoms with van der Waals surface area (Å²) in [5, 5.41) is 2.95. The third-order valence-corrected chi connectivity index (χ3v) is 9.61. The summed E-state index contributed by atoms with van der Waals surface area (Å²) < 4.78 is 57.2. The molecule has 8 atom stereocenters. The van der Waals surface area contributed by atoms with E-state index in [0.717, 1.165) is 31.4 Å². The SMILES string of the molecule is C[C@H]1[C@H](NC(=O)COc2ccc(C(=O)/C=C/c3cccc(C(F)(F)F)c3)cc2)O[C@@H]2O[C@@]3(C)CC[C@H]4[C@H](C)CC[C@@H]1[C@@]24OO3. The Morgan fingerprint density at radius 3 is 2.57 bits per heavy atom. The van der Waals surface area contributed by atoms with Gasteiger partial charge in [-0.1, -0.05) is 32.1 Å². The highest BCUT2D eigenvalue weighted by Gasteiger charge is 2.69. The summed E-state index contributed by atoms with van der Waals surface area (Å²) in [4.78, 5) is 37.5. The zero-order valence-corrected chi connectivity index (χ0v) is 24.8. The summed E-state index contributed by atoms with van der Waals surface area (Å²) in [6.07, 6.45) is 0.394. The van der Waals surface area contributed by atoms with E-state index in [1.54, 1.807) is 12.1 Å². The normalized spacial score (nSPS) is 34.7. The summed E-state index contributed by atoms with van der Waals surface area (Å²) in [7, 11) is 0. The van der Waals surface area contributed by atoms with Crippen LogP contribution in [0.25, 0.3) is 6.08 Å². The number of rotatable bonds is 7. The van der Waals surface area contributed by atoms with Crippen molar-refractivity contribution in [1.82, 2.24) is 5.32 Å². The quantitative estimate of drug-likeness (QED) is 0.222. The Labute approximate surface area is 253 Å². The highest BCUT2D eigenvalue weighted by atomic mass is 19.4. The molecule has 1 N–H and O–H groups in total. The van der Waals surface area contributed by atoms with Crippen molar-refractivity contribution in [2.75, 3.05) is 6.61 Å². The highest BCUT2D eigenvalue weighted by Crippen LogP contribution is 2.60. The van der Waals surface area contributed by atoms with Crippen LogP contribution in [0.1, 0.15) is 67.9 Å². The van der Waals surface area contributed by atoms with E-state index in [9.17, 15) is 22.8 Å². The minimum Gasteiger partial charge on any atom is -0.484 e. The maximum absolute atomic E-state index is 12.9. The van der Waals surface area contributed by atoms with Gasteiger partial charge in [0.25, 0.3) is 5.91 Å². The number of hydrogen-bond acceptors (Lipinski definition) is 7. The molecular formula is C33H36F3NO7. The number of carbonyl (C=O) groups excluding carboxylic acids is 2. The van der Waals surface area contributed by atoms with Crippen molar-refractivity contribution in [3.05, 3.63) is 71.3 Å². The number of alkyl halides is 3. The molecule has 11 heteroatoms. The number of nitrogens with one attached hydrogen (secondary N) is 1. The molecule has 2 aromatic carbocycles. The van der Waals surface area contributed by atoms with Crippen LogP contribution in [0.5, 0.6) is 5.75 Å². The van der Waals surface area contributed by atoms with Crippen molar-refractivity contribution in [2.45, 2.75) is 76.5 Å². The Morgan fingerprint density at radius 2 is 1.82 bits per heavy atom. The number of benzene rings is 2. The molecule has 2 bridgehead atoms. The van der Waals surface area contributed by atoms with E-state index >= 15 is 0 Å². The van der Waals surface area contributed by atoms with Crippen molar-refractivity contribution in [2.24, 2.45) is 23.7 Å².